The number of hydrogen-bond acceptors (Lipinski definition) is 7. The molecule has 1 unspecified atom stereocenters. The number of hydrogen-bond donors (Lipinski definition) is 3. The Balaban J connectivity index is 0.000000296. The molecule has 4 aromatic rings. The van der Waals surface area contributed by atoms with E-state index < -0.39 is 18.2 Å². The van der Waals surface area contributed by atoms with E-state index in [0.717, 1.165) is 48.4 Å². The number of nitrogens with zero attached hydrogens (tertiary/aromatic N) is 3. The lowest BCUT2D eigenvalue weighted by Crippen LogP contribution is -2.40. The molecular formula is C33H39N3O5. The van der Waals surface area contributed by atoms with Crippen LogP contribution in [0.1, 0.15) is 61.4 Å². The molecule has 0 amide bonds. The van der Waals surface area contributed by atoms with Crippen LogP contribution in [0.15, 0.2) is 85.1 Å². The van der Waals surface area contributed by atoms with Gasteiger partial charge in [0.15, 0.2) is 6.10 Å². The van der Waals surface area contributed by atoms with Crippen molar-refractivity contribution in [3.8, 4) is 5.75 Å². The number of aromatic nitrogens is 2. The Bertz CT molecular complexity index is 1370. The van der Waals surface area contributed by atoms with E-state index in [-0.39, 0.29) is 0 Å². The summed E-state index contributed by atoms with van der Waals surface area (Å²) in [6, 6.07) is 24.4. The number of ether oxygens (including phenoxy) is 1. The molecule has 2 heterocycles. The molecule has 0 aliphatic carbocycles. The van der Waals surface area contributed by atoms with Gasteiger partial charge in [0.05, 0.1) is 16.7 Å². The normalized spacial score (nSPS) is 15.6. The fraction of sp³-hybridized carbons (Fsp3) is 0.364. The number of carboxylic acids is 1. The van der Waals surface area contributed by atoms with Crippen LogP contribution in [0.4, 0.5) is 0 Å². The fourth-order valence-corrected chi connectivity index (χ4v) is 4.85. The predicted octanol–water partition coefficient (Wildman–Crippen LogP) is 5.18. The van der Waals surface area contributed by atoms with Crippen molar-refractivity contribution in [2.45, 2.75) is 50.7 Å². The average molecular weight is 558 g/mol. The Morgan fingerprint density at radius 3 is 2.17 bits per heavy atom. The molecule has 3 aromatic carbocycles. The van der Waals surface area contributed by atoms with Gasteiger partial charge in [0.25, 0.3) is 0 Å². The average Bonchev–Trinajstić information content (AvgIpc) is 3.00. The molecule has 3 N–H and O–H groups in total. The summed E-state index contributed by atoms with van der Waals surface area (Å²) in [5.41, 5.74) is 4.69. The highest BCUT2D eigenvalue weighted by Gasteiger charge is 2.23. The number of rotatable bonds is 9. The zero-order valence-corrected chi connectivity index (χ0v) is 23.6. The lowest BCUT2D eigenvalue weighted by Gasteiger charge is -2.32. The molecule has 1 aliphatic rings. The van der Waals surface area contributed by atoms with Crippen LogP contribution in [0.2, 0.25) is 0 Å². The molecule has 216 valence electrons. The van der Waals surface area contributed by atoms with E-state index in [0.29, 0.717) is 30.6 Å². The first kappa shape index (κ1) is 30.1. The summed E-state index contributed by atoms with van der Waals surface area (Å²) >= 11 is 0. The highest BCUT2D eigenvalue weighted by atomic mass is 16.5. The zero-order valence-electron chi connectivity index (χ0n) is 23.6. The van der Waals surface area contributed by atoms with Crippen molar-refractivity contribution < 1.29 is 24.9 Å². The van der Waals surface area contributed by atoms with Gasteiger partial charge in [0, 0.05) is 18.7 Å². The predicted molar refractivity (Wildman–Crippen MR) is 159 cm³/mol. The molecule has 5 rings (SSSR count). The first-order valence-corrected chi connectivity index (χ1v) is 14.1. The molecule has 41 heavy (non-hydrogen) atoms. The van der Waals surface area contributed by atoms with Gasteiger partial charge >= 0.3 is 5.97 Å². The number of carboxylic acid groups (broad SMARTS) is 1. The van der Waals surface area contributed by atoms with E-state index in [4.69, 9.17) is 19.9 Å². The van der Waals surface area contributed by atoms with Crippen molar-refractivity contribution in [1.29, 1.82) is 0 Å². The van der Waals surface area contributed by atoms with Gasteiger partial charge in [-0.15, -0.1) is 0 Å². The second-order valence-corrected chi connectivity index (χ2v) is 10.7. The molecule has 0 spiro atoms. The molecule has 1 aromatic heterocycles. The minimum Gasteiger partial charge on any atom is -0.491 e. The van der Waals surface area contributed by atoms with Gasteiger partial charge in [0.2, 0.25) is 0 Å². The van der Waals surface area contributed by atoms with Gasteiger partial charge < -0.3 is 25.0 Å². The number of aliphatic carboxylic acids is 1. The molecule has 2 atom stereocenters. The minimum absolute atomic E-state index is 0.317. The first-order valence-electron chi connectivity index (χ1n) is 14.1. The van der Waals surface area contributed by atoms with Crippen molar-refractivity contribution in [3.63, 3.8) is 0 Å². The van der Waals surface area contributed by atoms with Crippen molar-refractivity contribution in [2.75, 3.05) is 26.2 Å². The van der Waals surface area contributed by atoms with E-state index in [1.807, 2.05) is 42.6 Å². The molecule has 1 fully saturated rings. The Morgan fingerprint density at radius 1 is 0.902 bits per heavy atom. The molecule has 0 radical (unpaired) electrons. The number of benzene rings is 3. The molecule has 1 saturated heterocycles. The van der Waals surface area contributed by atoms with Crippen LogP contribution < -0.4 is 4.74 Å². The van der Waals surface area contributed by atoms with Gasteiger partial charge in [-0.05, 0) is 67.2 Å². The van der Waals surface area contributed by atoms with Crippen LogP contribution in [0, 0.1) is 0 Å². The number of carbonyl (C=O) groups is 1. The molecule has 0 saturated carbocycles. The zero-order chi connectivity index (χ0) is 29.2. The summed E-state index contributed by atoms with van der Waals surface area (Å²) in [5.74, 6) is 0.530. The van der Waals surface area contributed by atoms with Gasteiger partial charge in [-0.25, -0.2) is 9.78 Å². The third-order valence-electron chi connectivity index (χ3n) is 7.28. The van der Waals surface area contributed by atoms with Crippen molar-refractivity contribution in [3.05, 3.63) is 102 Å². The number of piperidine rings is 1. The van der Waals surface area contributed by atoms with Crippen LogP contribution in [-0.4, -0.2) is 68.5 Å². The topological polar surface area (TPSA) is 116 Å². The maximum Gasteiger partial charge on any atom is 0.337 e. The van der Waals surface area contributed by atoms with Crippen LogP contribution >= 0.6 is 0 Å². The monoisotopic (exact) mass is 557 g/mol. The third-order valence-corrected chi connectivity index (χ3v) is 7.28. The Hall–Kier alpha value is -3.85. The second kappa shape index (κ2) is 14.7. The lowest BCUT2D eigenvalue weighted by molar-refractivity contribution is -0.146. The molecule has 8 nitrogen and oxygen atoms in total. The number of likely N-dealkylation sites (tertiary alicyclic amines) is 1. The number of fused-ring (bicyclic) bond motifs is 1. The quantitative estimate of drug-likeness (QED) is 0.258. The molecule has 1 aliphatic heterocycles. The number of aliphatic hydroxyl groups excluding tert-OH is 2. The van der Waals surface area contributed by atoms with Crippen LogP contribution in [-0.2, 0) is 4.79 Å². The summed E-state index contributed by atoms with van der Waals surface area (Å²) in [5, 5.41) is 27.8. The van der Waals surface area contributed by atoms with Gasteiger partial charge in [-0.3, -0.25) is 4.98 Å². The summed E-state index contributed by atoms with van der Waals surface area (Å²) < 4.78 is 5.78. The summed E-state index contributed by atoms with van der Waals surface area (Å²) in [4.78, 5) is 21.9. The maximum atomic E-state index is 10.4. The summed E-state index contributed by atoms with van der Waals surface area (Å²) in [7, 11) is 0. The third kappa shape index (κ3) is 8.82. The van der Waals surface area contributed by atoms with Crippen molar-refractivity contribution >= 4 is 17.0 Å². The Morgan fingerprint density at radius 2 is 1.54 bits per heavy atom. The molecule has 0 bridgehead atoms. The van der Waals surface area contributed by atoms with Crippen LogP contribution in [0.3, 0.4) is 0 Å². The maximum absolute atomic E-state index is 10.4. The fourth-order valence-electron chi connectivity index (χ4n) is 4.85. The van der Waals surface area contributed by atoms with E-state index in [2.05, 4.69) is 35.9 Å². The van der Waals surface area contributed by atoms with Crippen molar-refractivity contribution in [2.24, 2.45) is 0 Å². The number of β-amino-alcohol motifs (C(OH)–C–C–N with tert-alkyl or cyclic N) is 1. The van der Waals surface area contributed by atoms with Gasteiger partial charge in [0.1, 0.15) is 18.5 Å². The van der Waals surface area contributed by atoms with Gasteiger partial charge in [-0.1, -0.05) is 68.4 Å². The van der Waals surface area contributed by atoms with E-state index in [1.54, 1.807) is 30.3 Å². The largest absolute Gasteiger partial charge is 0.491 e. The van der Waals surface area contributed by atoms with E-state index in [1.165, 1.54) is 5.56 Å². The molecule has 8 heteroatoms. The first-order chi connectivity index (χ1) is 19.8. The van der Waals surface area contributed by atoms with Crippen LogP contribution in [0.5, 0.6) is 5.75 Å². The standard InChI is InChI=1S/C25H31N3O2.C8H8O3/c1-18(2)19-7-9-22(10-8-19)30-17-21(29)16-28-13-11-20(12-14-28)25-15-26-23-5-3-4-6-24(23)27-25;9-7(8(10)11)6-4-2-1-3-5-6/h3-10,15,18,20-21,29H,11-14,16-17H2,1-2H3;1-5,7,9H,(H,10,11)/t21-;/m0./s1. The van der Waals surface area contributed by atoms with Gasteiger partial charge in [-0.2, -0.15) is 0 Å². The van der Waals surface area contributed by atoms with Crippen molar-refractivity contribution in [1.82, 2.24) is 14.9 Å². The Kier molecular flexibility index (Phi) is 10.8. The molecular weight excluding hydrogens is 518 g/mol. The SMILES string of the molecule is CC(C)c1ccc(OC[C@@H](O)CN2CCC(c3cnc4ccccc4n3)CC2)cc1.O=C(O)C(O)c1ccccc1. The Labute approximate surface area is 241 Å². The van der Waals surface area contributed by atoms with E-state index >= 15 is 0 Å². The highest BCUT2D eigenvalue weighted by molar-refractivity contribution is 5.74. The number of para-hydroxylation sites is 2. The summed E-state index contributed by atoms with van der Waals surface area (Å²) in [6.45, 7) is 7.22. The van der Waals surface area contributed by atoms with E-state index in [9.17, 15) is 9.90 Å². The smallest absolute Gasteiger partial charge is 0.337 e. The minimum atomic E-state index is -1.41. The highest BCUT2D eigenvalue weighted by Crippen LogP contribution is 2.27. The second-order valence-electron chi connectivity index (χ2n) is 10.7. The summed E-state index contributed by atoms with van der Waals surface area (Å²) in [6.07, 6.45) is 2.10. The number of aliphatic hydroxyl groups is 2. The van der Waals surface area contributed by atoms with Crippen LogP contribution in [0.25, 0.3) is 11.0 Å². The lowest BCUT2D eigenvalue weighted by atomic mass is 9.93.